The van der Waals surface area contributed by atoms with Gasteiger partial charge < -0.3 is 9.80 Å². The number of piperazine rings is 1. The Bertz CT molecular complexity index is 799. The van der Waals surface area contributed by atoms with Crippen molar-refractivity contribution in [2.75, 3.05) is 26.2 Å². The monoisotopic (exact) mass is 412 g/mol. The molecule has 8 heteroatoms. The molecule has 6 nitrogen and oxygen atoms in total. The Labute approximate surface area is 167 Å². The van der Waals surface area contributed by atoms with Crippen molar-refractivity contribution in [1.29, 1.82) is 0 Å². The highest BCUT2D eigenvalue weighted by Gasteiger charge is 2.39. The molecule has 2 heterocycles. The number of carbonyl (C=O) groups is 1. The number of hydrogen-bond acceptors (Lipinski definition) is 3. The number of halogens is 1. The standard InChI is InChI=1S/C20H30FN3O3S/c1-15-6-4-7-16(2)24(15)20(25)17(3)22-10-12-23(13-11-22)28(26,27)19-9-5-8-18(21)14-19/h5,8-9,14-17H,4,6-7,10-13H2,1-3H3/p+1/t15-,16-,17+/m0/s1. The predicted octanol–water partition coefficient (Wildman–Crippen LogP) is 0.893. The van der Waals surface area contributed by atoms with Gasteiger partial charge in [0.25, 0.3) is 5.91 Å². The van der Waals surface area contributed by atoms with Crippen LogP contribution >= 0.6 is 0 Å². The van der Waals surface area contributed by atoms with Crippen LogP contribution in [0.15, 0.2) is 29.2 Å². The topological polar surface area (TPSA) is 62.1 Å². The Hall–Kier alpha value is -1.51. The highest BCUT2D eigenvalue weighted by molar-refractivity contribution is 7.89. The molecule has 1 amide bonds. The summed E-state index contributed by atoms with van der Waals surface area (Å²) in [7, 11) is -3.71. The fourth-order valence-electron chi connectivity index (χ4n) is 4.48. The second kappa shape index (κ2) is 8.47. The summed E-state index contributed by atoms with van der Waals surface area (Å²) in [6.45, 7) is 7.96. The summed E-state index contributed by atoms with van der Waals surface area (Å²) in [6.07, 6.45) is 3.24. The quantitative estimate of drug-likeness (QED) is 0.799. The molecule has 0 aromatic heterocycles. The minimum Gasteiger partial charge on any atom is -0.332 e. The van der Waals surface area contributed by atoms with E-state index < -0.39 is 15.8 Å². The highest BCUT2D eigenvalue weighted by atomic mass is 32.2. The van der Waals surface area contributed by atoms with Crippen LogP contribution in [0.4, 0.5) is 4.39 Å². The molecule has 0 aliphatic carbocycles. The van der Waals surface area contributed by atoms with E-state index in [2.05, 4.69) is 13.8 Å². The number of benzene rings is 1. The number of hydrogen-bond donors (Lipinski definition) is 1. The number of nitrogens with zero attached hydrogens (tertiary/aromatic N) is 2. The number of rotatable bonds is 4. The van der Waals surface area contributed by atoms with Gasteiger partial charge in [0.05, 0.1) is 31.1 Å². The van der Waals surface area contributed by atoms with Gasteiger partial charge in [0.1, 0.15) is 5.82 Å². The van der Waals surface area contributed by atoms with Crippen molar-refractivity contribution in [1.82, 2.24) is 9.21 Å². The molecule has 2 aliphatic rings. The van der Waals surface area contributed by atoms with Crippen LogP contribution in [0, 0.1) is 5.82 Å². The van der Waals surface area contributed by atoms with Crippen LogP contribution in [0.3, 0.4) is 0 Å². The van der Waals surface area contributed by atoms with E-state index in [1.54, 1.807) is 0 Å². The first-order valence-electron chi connectivity index (χ1n) is 10.1. The molecular formula is C20H31FN3O3S+. The van der Waals surface area contributed by atoms with E-state index in [9.17, 15) is 17.6 Å². The lowest BCUT2D eigenvalue weighted by molar-refractivity contribution is -0.918. The van der Waals surface area contributed by atoms with E-state index in [0.717, 1.165) is 30.2 Å². The first-order chi connectivity index (χ1) is 13.2. The van der Waals surface area contributed by atoms with Gasteiger partial charge >= 0.3 is 0 Å². The van der Waals surface area contributed by atoms with Gasteiger partial charge in [-0.3, -0.25) is 4.79 Å². The largest absolute Gasteiger partial charge is 0.332 e. The molecular weight excluding hydrogens is 381 g/mol. The molecule has 3 atom stereocenters. The molecule has 1 N–H and O–H groups in total. The molecule has 3 rings (SSSR count). The van der Waals surface area contributed by atoms with Gasteiger partial charge in [-0.1, -0.05) is 6.07 Å². The van der Waals surface area contributed by atoms with Crippen molar-refractivity contribution in [2.24, 2.45) is 0 Å². The van der Waals surface area contributed by atoms with Crippen LogP contribution in [0.1, 0.15) is 40.0 Å². The van der Waals surface area contributed by atoms with Crippen molar-refractivity contribution in [3.05, 3.63) is 30.1 Å². The summed E-state index contributed by atoms with van der Waals surface area (Å²) in [5, 5.41) is 0. The van der Waals surface area contributed by atoms with Gasteiger partial charge in [-0.25, -0.2) is 12.8 Å². The van der Waals surface area contributed by atoms with E-state index in [-0.39, 0.29) is 28.9 Å². The summed E-state index contributed by atoms with van der Waals surface area (Å²) in [6, 6.07) is 5.44. The number of nitrogens with one attached hydrogen (secondary N) is 1. The molecule has 1 aromatic rings. The Morgan fingerprint density at radius 1 is 1.18 bits per heavy atom. The molecule has 0 bridgehead atoms. The maximum Gasteiger partial charge on any atom is 0.281 e. The molecule has 1 aromatic carbocycles. The van der Waals surface area contributed by atoms with Gasteiger partial charge in [-0.05, 0) is 58.2 Å². The zero-order chi connectivity index (χ0) is 20.5. The van der Waals surface area contributed by atoms with Crippen molar-refractivity contribution >= 4 is 15.9 Å². The maximum atomic E-state index is 13.4. The van der Waals surface area contributed by atoms with Crippen molar-refractivity contribution in [3.8, 4) is 0 Å². The molecule has 0 radical (unpaired) electrons. The van der Waals surface area contributed by atoms with Crippen LogP contribution in [0.2, 0.25) is 0 Å². The summed E-state index contributed by atoms with van der Waals surface area (Å²) >= 11 is 0. The molecule has 156 valence electrons. The van der Waals surface area contributed by atoms with E-state index in [1.807, 2.05) is 11.8 Å². The van der Waals surface area contributed by atoms with Gasteiger partial charge in [0.15, 0.2) is 6.04 Å². The van der Waals surface area contributed by atoms with Gasteiger partial charge in [-0.2, -0.15) is 4.31 Å². The van der Waals surface area contributed by atoms with E-state index in [1.165, 1.54) is 22.5 Å². The predicted molar refractivity (Wildman–Crippen MR) is 105 cm³/mol. The third-order valence-electron chi connectivity index (χ3n) is 6.23. The SMILES string of the molecule is C[C@H](C(=O)N1[C@@H](C)CCC[C@@H]1C)[NH+]1CCN(S(=O)(=O)c2cccc(F)c2)CC1. The third-order valence-corrected chi connectivity index (χ3v) is 8.12. The lowest BCUT2D eigenvalue weighted by atomic mass is 9.96. The van der Waals surface area contributed by atoms with Crippen LogP contribution < -0.4 is 4.90 Å². The highest BCUT2D eigenvalue weighted by Crippen LogP contribution is 2.23. The summed E-state index contributed by atoms with van der Waals surface area (Å²) in [5.41, 5.74) is 0. The Morgan fingerprint density at radius 3 is 2.36 bits per heavy atom. The number of amides is 1. The summed E-state index contributed by atoms with van der Waals surface area (Å²) < 4.78 is 40.3. The first-order valence-corrected chi connectivity index (χ1v) is 11.6. The number of piperidine rings is 1. The van der Waals surface area contributed by atoms with Crippen LogP contribution in [0.5, 0.6) is 0 Å². The van der Waals surface area contributed by atoms with Crippen molar-refractivity contribution in [3.63, 3.8) is 0 Å². The second-order valence-electron chi connectivity index (χ2n) is 8.12. The molecule has 2 aliphatic heterocycles. The zero-order valence-corrected chi connectivity index (χ0v) is 17.7. The number of sulfonamides is 1. The third kappa shape index (κ3) is 4.23. The fraction of sp³-hybridized carbons (Fsp3) is 0.650. The lowest BCUT2D eigenvalue weighted by Gasteiger charge is -2.42. The van der Waals surface area contributed by atoms with Gasteiger partial charge in [-0.15, -0.1) is 0 Å². The van der Waals surface area contributed by atoms with Crippen molar-refractivity contribution < 1.29 is 22.5 Å². The normalized spacial score (nSPS) is 26.2. The summed E-state index contributed by atoms with van der Waals surface area (Å²) in [5.74, 6) is -0.398. The zero-order valence-electron chi connectivity index (χ0n) is 16.9. The van der Waals surface area contributed by atoms with E-state index in [4.69, 9.17) is 0 Å². The van der Waals surface area contributed by atoms with Crippen molar-refractivity contribution in [2.45, 2.75) is 63.1 Å². The smallest absolute Gasteiger partial charge is 0.281 e. The minimum atomic E-state index is -3.71. The second-order valence-corrected chi connectivity index (χ2v) is 10.1. The summed E-state index contributed by atoms with van der Waals surface area (Å²) in [4.78, 5) is 16.2. The first kappa shape index (κ1) is 21.2. The number of likely N-dealkylation sites (tertiary alicyclic amines) is 1. The van der Waals surface area contributed by atoms with Gasteiger partial charge in [0.2, 0.25) is 10.0 Å². The fourth-order valence-corrected chi connectivity index (χ4v) is 5.95. The molecule has 2 fully saturated rings. The molecule has 0 unspecified atom stereocenters. The number of carbonyl (C=O) groups excluding carboxylic acids is 1. The Balaban J connectivity index is 1.64. The number of quaternary nitrogens is 1. The molecule has 28 heavy (non-hydrogen) atoms. The average Bonchev–Trinajstić information content (AvgIpc) is 2.67. The van der Waals surface area contributed by atoms with Crippen LogP contribution in [-0.4, -0.2) is 67.8 Å². The lowest BCUT2D eigenvalue weighted by Crippen LogP contribution is -3.19. The molecule has 2 saturated heterocycles. The molecule has 0 spiro atoms. The van der Waals surface area contributed by atoms with Crippen LogP contribution in [0.25, 0.3) is 0 Å². The Kier molecular flexibility index (Phi) is 6.41. The molecule has 0 saturated carbocycles. The van der Waals surface area contributed by atoms with E-state index in [0.29, 0.717) is 26.2 Å². The average molecular weight is 413 g/mol. The van der Waals surface area contributed by atoms with Gasteiger partial charge in [0, 0.05) is 12.1 Å². The Morgan fingerprint density at radius 2 is 1.79 bits per heavy atom. The minimum absolute atomic E-state index is 0.0176. The maximum absolute atomic E-state index is 13.4. The van der Waals surface area contributed by atoms with Crippen LogP contribution in [-0.2, 0) is 14.8 Å². The van der Waals surface area contributed by atoms with E-state index >= 15 is 0 Å².